The number of hydrogen-bond acceptors (Lipinski definition) is 4. The number of hydrogen-bond donors (Lipinski definition) is 1. The summed E-state index contributed by atoms with van der Waals surface area (Å²) in [6, 6.07) is 12.7. The lowest BCUT2D eigenvalue weighted by Crippen LogP contribution is -2.12. The van der Waals surface area contributed by atoms with E-state index in [9.17, 15) is 4.79 Å². The molecule has 0 bridgehead atoms. The Bertz CT molecular complexity index is 751. The van der Waals surface area contributed by atoms with Crippen molar-refractivity contribution in [2.75, 3.05) is 32.2 Å². The summed E-state index contributed by atoms with van der Waals surface area (Å²) in [4.78, 5) is 12.5. The molecule has 0 aliphatic rings. The first-order chi connectivity index (χ1) is 13.6. The smallest absolute Gasteiger partial charge is 0.255 e. The molecule has 0 heterocycles. The summed E-state index contributed by atoms with van der Waals surface area (Å²) in [6.07, 6.45) is 4.65. The van der Waals surface area contributed by atoms with Crippen molar-refractivity contribution >= 4 is 27.5 Å². The van der Waals surface area contributed by atoms with Crippen LogP contribution in [0.4, 0.5) is 5.69 Å². The highest BCUT2D eigenvalue weighted by molar-refractivity contribution is 9.10. The number of carbonyl (C=O) groups is 1. The lowest BCUT2D eigenvalue weighted by Gasteiger charge is -2.11. The second-order valence-electron chi connectivity index (χ2n) is 6.38. The van der Waals surface area contributed by atoms with E-state index in [1.165, 1.54) is 19.3 Å². The van der Waals surface area contributed by atoms with Crippen molar-refractivity contribution in [3.63, 3.8) is 0 Å². The van der Waals surface area contributed by atoms with E-state index in [1.54, 1.807) is 25.3 Å². The van der Waals surface area contributed by atoms with Gasteiger partial charge in [0.15, 0.2) is 0 Å². The quantitative estimate of drug-likeness (QED) is 0.423. The van der Waals surface area contributed by atoms with Crippen LogP contribution in [-0.4, -0.2) is 32.8 Å². The first-order valence-electron chi connectivity index (χ1n) is 9.59. The normalized spacial score (nSPS) is 10.5. The fourth-order valence-corrected chi connectivity index (χ4v) is 3.07. The molecule has 1 amide bonds. The molecule has 2 aromatic rings. The minimum absolute atomic E-state index is 0.191. The number of anilines is 1. The fraction of sp³-hybridized carbons (Fsp3) is 0.409. The summed E-state index contributed by atoms with van der Waals surface area (Å²) in [6.45, 7) is 3.83. The average molecular weight is 450 g/mol. The van der Waals surface area contributed by atoms with Crippen molar-refractivity contribution in [3.05, 3.63) is 52.5 Å². The monoisotopic (exact) mass is 449 g/mol. The van der Waals surface area contributed by atoms with Crippen LogP contribution >= 0.6 is 15.9 Å². The van der Waals surface area contributed by atoms with Gasteiger partial charge >= 0.3 is 0 Å². The van der Waals surface area contributed by atoms with Crippen LogP contribution in [0, 0.1) is 0 Å². The molecule has 6 heteroatoms. The summed E-state index contributed by atoms with van der Waals surface area (Å²) in [5, 5.41) is 2.91. The molecule has 0 unspecified atom stereocenters. The molecule has 0 radical (unpaired) electrons. The van der Waals surface area contributed by atoms with E-state index in [0.717, 1.165) is 16.6 Å². The van der Waals surface area contributed by atoms with Gasteiger partial charge in [-0.05, 0) is 52.7 Å². The van der Waals surface area contributed by atoms with Gasteiger partial charge in [0.1, 0.15) is 18.1 Å². The van der Waals surface area contributed by atoms with E-state index in [2.05, 4.69) is 28.2 Å². The third kappa shape index (κ3) is 7.52. The Morgan fingerprint density at radius 1 is 1.00 bits per heavy atom. The van der Waals surface area contributed by atoms with Crippen LogP contribution in [0.1, 0.15) is 43.0 Å². The third-order valence-electron chi connectivity index (χ3n) is 4.10. The number of unbranched alkanes of at least 4 members (excludes halogenated alkanes) is 3. The first kappa shape index (κ1) is 22.2. The Hall–Kier alpha value is -2.05. The maximum Gasteiger partial charge on any atom is 0.255 e. The maximum atomic E-state index is 12.5. The van der Waals surface area contributed by atoms with Gasteiger partial charge in [-0.25, -0.2) is 0 Å². The van der Waals surface area contributed by atoms with Crippen LogP contribution < -0.4 is 14.8 Å². The fourth-order valence-electron chi connectivity index (χ4n) is 2.58. The van der Waals surface area contributed by atoms with Crippen LogP contribution in [0.3, 0.4) is 0 Å². The van der Waals surface area contributed by atoms with Crippen LogP contribution in [0.5, 0.6) is 11.5 Å². The summed E-state index contributed by atoms with van der Waals surface area (Å²) < 4.78 is 17.1. The van der Waals surface area contributed by atoms with Crippen molar-refractivity contribution in [3.8, 4) is 11.5 Å². The zero-order valence-electron chi connectivity index (χ0n) is 16.5. The number of carbonyl (C=O) groups excluding carboxylic acids is 1. The molecular formula is C22H28BrNO4. The van der Waals surface area contributed by atoms with Gasteiger partial charge in [-0.15, -0.1) is 0 Å². The first-order valence-corrected chi connectivity index (χ1v) is 10.4. The molecule has 1 N–H and O–H groups in total. The number of rotatable bonds is 12. The van der Waals surface area contributed by atoms with E-state index >= 15 is 0 Å². The molecule has 0 saturated heterocycles. The van der Waals surface area contributed by atoms with E-state index in [4.69, 9.17) is 14.2 Å². The van der Waals surface area contributed by atoms with Crippen molar-refractivity contribution in [2.45, 2.75) is 32.6 Å². The minimum atomic E-state index is -0.191. The highest BCUT2D eigenvalue weighted by Gasteiger charge is 2.10. The number of amides is 1. The average Bonchev–Trinajstić information content (AvgIpc) is 2.69. The minimum Gasteiger partial charge on any atom is -0.494 e. The van der Waals surface area contributed by atoms with Crippen LogP contribution in [0.15, 0.2) is 46.9 Å². The van der Waals surface area contributed by atoms with Crippen molar-refractivity contribution in [2.24, 2.45) is 0 Å². The Kier molecular flexibility index (Phi) is 9.86. The molecule has 28 heavy (non-hydrogen) atoms. The topological polar surface area (TPSA) is 56.8 Å². The standard InChI is InChI=1S/C22H28BrNO4/c1-3-4-5-6-12-27-19-9-7-8-18(16-19)24-22(25)17-10-11-21(20(23)15-17)28-14-13-26-2/h7-11,15-16H,3-6,12-14H2,1-2H3,(H,24,25). The molecule has 0 saturated carbocycles. The summed E-state index contributed by atoms with van der Waals surface area (Å²) in [7, 11) is 1.62. The van der Waals surface area contributed by atoms with Gasteiger partial charge < -0.3 is 19.5 Å². The Balaban J connectivity index is 1.91. The molecule has 0 spiro atoms. The van der Waals surface area contributed by atoms with E-state index in [-0.39, 0.29) is 5.91 Å². The molecule has 5 nitrogen and oxygen atoms in total. The summed E-state index contributed by atoms with van der Waals surface area (Å²) in [5.41, 5.74) is 1.24. The Labute approximate surface area is 175 Å². The summed E-state index contributed by atoms with van der Waals surface area (Å²) in [5.74, 6) is 1.24. The van der Waals surface area contributed by atoms with E-state index < -0.39 is 0 Å². The Morgan fingerprint density at radius 2 is 1.86 bits per heavy atom. The van der Waals surface area contributed by atoms with Gasteiger partial charge in [0.25, 0.3) is 5.91 Å². The van der Waals surface area contributed by atoms with Crippen LogP contribution in [0.25, 0.3) is 0 Å². The Morgan fingerprint density at radius 3 is 2.61 bits per heavy atom. The second-order valence-corrected chi connectivity index (χ2v) is 7.23. The molecule has 0 aliphatic carbocycles. The van der Waals surface area contributed by atoms with Gasteiger partial charge in [0.05, 0.1) is 17.7 Å². The number of methoxy groups -OCH3 is 1. The SMILES string of the molecule is CCCCCCOc1cccc(NC(=O)c2ccc(OCCOC)c(Br)c2)c1. The molecule has 0 aromatic heterocycles. The van der Waals surface area contributed by atoms with Gasteiger partial charge in [-0.2, -0.15) is 0 Å². The molecule has 2 rings (SSSR count). The van der Waals surface area contributed by atoms with Crippen LogP contribution in [0.2, 0.25) is 0 Å². The molecule has 2 aromatic carbocycles. The highest BCUT2D eigenvalue weighted by atomic mass is 79.9. The lowest BCUT2D eigenvalue weighted by molar-refractivity contribution is 0.102. The van der Waals surface area contributed by atoms with Gasteiger partial charge in [-0.1, -0.05) is 32.3 Å². The third-order valence-corrected chi connectivity index (χ3v) is 4.72. The second kappa shape index (κ2) is 12.4. The molecular weight excluding hydrogens is 422 g/mol. The molecule has 152 valence electrons. The van der Waals surface area contributed by atoms with E-state index in [0.29, 0.717) is 36.8 Å². The van der Waals surface area contributed by atoms with Gasteiger partial charge in [-0.3, -0.25) is 4.79 Å². The lowest BCUT2D eigenvalue weighted by atomic mass is 10.2. The summed E-state index contributed by atoms with van der Waals surface area (Å²) >= 11 is 3.45. The van der Waals surface area contributed by atoms with Gasteiger partial charge in [0, 0.05) is 24.4 Å². The predicted molar refractivity (Wildman–Crippen MR) is 116 cm³/mol. The molecule has 0 atom stereocenters. The van der Waals surface area contributed by atoms with Crippen molar-refractivity contribution in [1.82, 2.24) is 0 Å². The van der Waals surface area contributed by atoms with E-state index in [1.807, 2.05) is 24.3 Å². The number of nitrogens with one attached hydrogen (secondary N) is 1. The largest absolute Gasteiger partial charge is 0.494 e. The zero-order chi connectivity index (χ0) is 20.2. The number of benzene rings is 2. The highest BCUT2D eigenvalue weighted by Crippen LogP contribution is 2.27. The maximum absolute atomic E-state index is 12.5. The molecule has 0 fully saturated rings. The van der Waals surface area contributed by atoms with Crippen LogP contribution in [-0.2, 0) is 4.74 Å². The number of halogens is 1. The van der Waals surface area contributed by atoms with Crippen molar-refractivity contribution in [1.29, 1.82) is 0 Å². The number of ether oxygens (including phenoxy) is 3. The van der Waals surface area contributed by atoms with Gasteiger partial charge in [0.2, 0.25) is 0 Å². The molecule has 0 aliphatic heterocycles. The predicted octanol–water partition coefficient (Wildman–Crippen LogP) is 5.69. The zero-order valence-corrected chi connectivity index (χ0v) is 18.1. The van der Waals surface area contributed by atoms with Crippen molar-refractivity contribution < 1.29 is 19.0 Å².